The Kier molecular flexibility index (Phi) is 4.94. The molecule has 1 unspecified atom stereocenters. The fourth-order valence-corrected chi connectivity index (χ4v) is 4.06. The predicted octanol–water partition coefficient (Wildman–Crippen LogP) is 3.05. The number of amides is 3. The molecule has 0 spiro atoms. The Labute approximate surface area is 162 Å². The molecule has 2 aliphatic heterocycles. The average Bonchev–Trinajstić information content (AvgIpc) is 3.26. The van der Waals surface area contributed by atoms with Crippen molar-refractivity contribution >= 4 is 17.7 Å². The Hall–Kier alpha value is -3.02. The number of hydrogen-bond acceptors (Lipinski definition) is 3. The van der Waals surface area contributed by atoms with Crippen molar-refractivity contribution in [1.29, 1.82) is 0 Å². The topological polar surface area (TPSA) is 57.7 Å². The SMILES string of the molecule is O=C1c2ccccc2C(=O)N1CCC(=O)N1CCCC1Cc1ccc(F)cc1. The molecule has 6 heteroatoms. The highest BCUT2D eigenvalue weighted by Crippen LogP contribution is 2.25. The number of nitrogens with zero attached hydrogens (tertiary/aromatic N) is 2. The van der Waals surface area contributed by atoms with Crippen LogP contribution in [0.25, 0.3) is 0 Å². The van der Waals surface area contributed by atoms with E-state index in [1.165, 1.54) is 12.1 Å². The van der Waals surface area contributed by atoms with Crippen LogP contribution >= 0.6 is 0 Å². The van der Waals surface area contributed by atoms with Gasteiger partial charge in [0.05, 0.1) is 11.1 Å². The van der Waals surface area contributed by atoms with Gasteiger partial charge in [-0.05, 0) is 49.1 Å². The standard InChI is InChI=1S/C22H21FN2O3/c23-16-9-7-15(8-10-16)14-17-4-3-12-24(17)20(26)11-13-25-21(27)18-5-1-2-6-19(18)22(25)28/h1-2,5-10,17H,3-4,11-14H2. The Morgan fingerprint density at radius 3 is 2.29 bits per heavy atom. The minimum atomic E-state index is -0.335. The minimum Gasteiger partial charge on any atom is -0.339 e. The third-order valence-electron chi connectivity index (χ3n) is 5.51. The van der Waals surface area contributed by atoms with Crippen molar-refractivity contribution in [2.45, 2.75) is 31.7 Å². The summed E-state index contributed by atoms with van der Waals surface area (Å²) in [6.07, 6.45) is 2.62. The zero-order valence-electron chi connectivity index (χ0n) is 15.4. The van der Waals surface area contributed by atoms with Gasteiger partial charge in [0, 0.05) is 25.6 Å². The van der Waals surface area contributed by atoms with Gasteiger partial charge in [0.2, 0.25) is 5.91 Å². The Morgan fingerprint density at radius 1 is 1.00 bits per heavy atom. The van der Waals surface area contributed by atoms with Crippen LogP contribution in [0.1, 0.15) is 45.5 Å². The van der Waals surface area contributed by atoms with E-state index in [0.717, 1.165) is 23.3 Å². The van der Waals surface area contributed by atoms with Crippen LogP contribution < -0.4 is 0 Å². The van der Waals surface area contributed by atoms with E-state index in [4.69, 9.17) is 0 Å². The number of carbonyl (C=O) groups is 3. The first-order valence-electron chi connectivity index (χ1n) is 9.54. The number of carbonyl (C=O) groups excluding carboxylic acids is 3. The van der Waals surface area contributed by atoms with Gasteiger partial charge in [0.1, 0.15) is 5.82 Å². The molecule has 2 aromatic carbocycles. The summed E-state index contributed by atoms with van der Waals surface area (Å²) in [5, 5.41) is 0. The van der Waals surface area contributed by atoms with Crippen LogP contribution in [0.2, 0.25) is 0 Å². The van der Waals surface area contributed by atoms with Crippen LogP contribution in [0.5, 0.6) is 0 Å². The molecular weight excluding hydrogens is 359 g/mol. The zero-order valence-corrected chi connectivity index (χ0v) is 15.4. The highest BCUT2D eigenvalue weighted by molar-refractivity contribution is 6.21. The molecule has 3 amide bonds. The number of halogens is 1. The summed E-state index contributed by atoms with van der Waals surface area (Å²) in [6.45, 7) is 0.762. The van der Waals surface area contributed by atoms with E-state index in [1.54, 1.807) is 36.4 Å². The Morgan fingerprint density at radius 2 is 1.64 bits per heavy atom. The average molecular weight is 380 g/mol. The molecule has 144 valence electrons. The normalized spacial score (nSPS) is 18.7. The van der Waals surface area contributed by atoms with Crippen molar-refractivity contribution in [3.63, 3.8) is 0 Å². The van der Waals surface area contributed by atoms with E-state index in [-0.39, 0.29) is 42.5 Å². The molecule has 1 saturated heterocycles. The molecule has 2 aliphatic rings. The monoisotopic (exact) mass is 380 g/mol. The largest absolute Gasteiger partial charge is 0.339 e. The second-order valence-electron chi connectivity index (χ2n) is 7.27. The maximum absolute atomic E-state index is 13.1. The smallest absolute Gasteiger partial charge is 0.261 e. The number of hydrogen-bond donors (Lipinski definition) is 0. The summed E-state index contributed by atoms with van der Waals surface area (Å²) < 4.78 is 13.1. The van der Waals surface area contributed by atoms with Gasteiger partial charge in [-0.2, -0.15) is 0 Å². The van der Waals surface area contributed by atoms with Gasteiger partial charge in [-0.25, -0.2) is 4.39 Å². The maximum atomic E-state index is 13.1. The molecule has 0 bridgehead atoms. The van der Waals surface area contributed by atoms with Crippen LogP contribution in [0.4, 0.5) is 4.39 Å². The number of fused-ring (bicyclic) bond motifs is 1. The van der Waals surface area contributed by atoms with Crippen molar-refractivity contribution in [3.8, 4) is 0 Å². The van der Waals surface area contributed by atoms with Gasteiger partial charge in [-0.1, -0.05) is 24.3 Å². The number of benzene rings is 2. The van der Waals surface area contributed by atoms with Crippen molar-refractivity contribution in [2.75, 3.05) is 13.1 Å². The zero-order chi connectivity index (χ0) is 19.7. The van der Waals surface area contributed by atoms with E-state index in [9.17, 15) is 18.8 Å². The van der Waals surface area contributed by atoms with Gasteiger partial charge >= 0.3 is 0 Å². The lowest BCUT2D eigenvalue weighted by Crippen LogP contribution is -2.40. The molecule has 1 fully saturated rings. The molecule has 5 nitrogen and oxygen atoms in total. The minimum absolute atomic E-state index is 0.0545. The van der Waals surface area contributed by atoms with Crippen LogP contribution in [0, 0.1) is 5.82 Å². The first kappa shape index (κ1) is 18.3. The van der Waals surface area contributed by atoms with Gasteiger partial charge in [-0.15, -0.1) is 0 Å². The summed E-state index contributed by atoms with van der Waals surface area (Å²) in [6, 6.07) is 13.1. The fraction of sp³-hybridized carbons (Fsp3) is 0.318. The Bertz CT molecular complexity index is 891. The highest BCUT2D eigenvalue weighted by atomic mass is 19.1. The third-order valence-corrected chi connectivity index (χ3v) is 5.51. The molecule has 4 rings (SSSR count). The number of likely N-dealkylation sites (tertiary alicyclic amines) is 1. The lowest BCUT2D eigenvalue weighted by Gasteiger charge is -2.26. The van der Waals surface area contributed by atoms with Crippen LogP contribution in [0.3, 0.4) is 0 Å². The molecular formula is C22H21FN2O3. The predicted molar refractivity (Wildman–Crippen MR) is 101 cm³/mol. The van der Waals surface area contributed by atoms with E-state index in [2.05, 4.69) is 0 Å². The van der Waals surface area contributed by atoms with Gasteiger partial charge in [0.15, 0.2) is 0 Å². The van der Waals surface area contributed by atoms with Crippen molar-refractivity contribution in [1.82, 2.24) is 9.80 Å². The fourth-order valence-electron chi connectivity index (χ4n) is 4.06. The van der Waals surface area contributed by atoms with E-state index in [0.29, 0.717) is 24.1 Å². The van der Waals surface area contributed by atoms with E-state index < -0.39 is 0 Å². The van der Waals surface area contributed by atoms with E-state index in [1.807, 2.05) is 4.90 Å². The first-order chi connectivity index (χ1) is 13.5. The van der Waals surface area contributed by atoms with E-state index >= 15 is 0 Å². The number of rotatable bonds is 5. The molecule has 0 aliphatic carbocycles. The van der Waals surface area contributed by atoms with Crippen LogP contribution in [0.15, 0.2) is 48.5 Å². The first-order valence-corrected chi connectivity index (χ1v) is 9.54. The summed E-state index contributed by atoms with van der Waals surface area (Å²) in [4.78, 5) is 40.6. The lowest BCUT2D eigenvalue weighted by molar-refractivity contribution is -0.132. The summed E-state index contributed by atoms with van der Waals surface area (Å²) in [5.74, 6) is -0.999. The third kappa shape index (κ3) is 3.42. The van der Waals surface area contributed by atoms with Crippen LogP contribution in [-0.2, 0) is 11.2 Å². The summed E-state index contributed by atoms with van der Waals surface area (Å²) >= 11 is 0. The molecule has 0 saturated carbocycles. The molecule has 1 atom stereocenters. The lowest BCUT2D eigenvalue weighted by atomic mass is 10.0. The van der Waals surface area contributed by atoms with Crippen molar-refractivity contribution in [2.24, 2.45) is 0 Å². The summed E-state index contributed by atoms with van der Waals surface area (Å²) in [7, 11) is 0. The van der Waals surface area contributed by atoms with Gasteiger partial charge < -0.3 is 4.90 Å². The molecule has 2 heterocycles. The molecule has 28 heavy (non-hydrogen) atoms. The summed E-state index contributed by atoms with van der Waals surface area (Å²) in [5.41, 5.74) is 1.79. The van der Waals surface area contributed by atoms with Gasteiger partial charge in [0.25, 0.3) is 11.8 Å². The molecule has 0 N–H and O–H groups in total. The molecule has 2 aromatic rings. The van der Waals surface area contributed by atoms with Crippen molar-refractivity contribution in [3.05, 3.63) is 71.0 Å². The highest BCUT2D eigenvalue weighted by Gasteiger charge is 2.36. The number of imide groups is 1. The second-order valence-corrected chi connectivity index (χ2v) is 7.27. The van der Waals surface area contributed by atoms with Crippen molar-refractivity contribution < 1.29 is 18.8 Å². The quantitative estimate of drug-likeness (QED) is 0.749. The Balaban J connectivity index is 1.38. The second kappa shape index (κ2) is 7.54. The molecule has 0 aromatic heterocycles. The van der Waals surface area contributed by atoms with Crippen LogP contribution in [-0.4, -0.2) is 46.7 Å². The molecule has 0 radical (unpaired) electrons. The van der Waals surface area contributed by atoms with Gasteiger partial charge in [-0.3, -0.25) is 19.3 Å². The maximum Gasteiger partial charge on any atom is 0.261 e.